The molecule has 0 aromatic carbocycles. The van der Waals surface area contributed by atoms with Gasteiger partial charge in [0.25, 0.3) is 0 Å². The Hall–Kier alpha value is -0.450. The molecule has 1 aliphatic heterocycles. The first-order valence-electron chi connectivity index (χ1n) is 4.44. The van der Waals surface area contributed by atoms with E-state index in [0.717, 1.165) is 23.8 Å². The van der Waals surface area contributed by atoms with E-state index in [1.54, 1.807) is 11.3 Å². The predicted molar refractivity (Wildman–Crippen MR) is 52.9 cm³/mol. The van der Waals surface area contributed by atoms with Gasteiger partial charge in [0.1, 0.15) is 5.01 Å². The van der Waals surface area contributed by atoms with E-state index in [-0.39, 0.29) is 5.60 Å². The third kappa shape index (κ3) is 2.07. The van der Waals surface area contributed by atoms with Crippen molar-refractivity contribution in [3.05, 3.63) is 16.1 Å². The minimum atomic E-state index is 0.0412. The van der Waals surface area contributed by atoms with Gasteiger partial charge < -0.3 is 10.1 Å². The van der Waals surface area contributed by atoms with Crippen LogP contribution in [-0.4, -0.2) is 23.7 Å². The second-order valence-corrected chi connectivity index (χ2v) is 4.67. The number of aromatic nitrogens is 1. The summed E-state index contributed by atoms with van der Waals surface area (Å²) in [4.78, 5) is 4.35. The van der Waals surface area contributed by atoms with Crippen LogP contribution in [0.15, 0.2) is 5.38 Å². The lowest BCUT2D eigenvalue weighted by Gasteiger charge is -2.38. The lowest BCUT2D eigenvalue weighted by Crippen LogP contribution is -2.58. The summed E-state index contributed by atoms with van der Waals surface area (Å²) in [6.07, 6.45) is 0. The largest absolute Gasteiger partial charge is 0.365 e. The molecule has 1 fully saturated rings. The molecule has 13 heavy (non-hydrogen) atoms. The van der Waals surface area contributed by atoms with Crippen molar-refractivity contribution in [2.75, 3.05) is 13.1 Å². The molecule has 3 nitrogen and oxygen atoms in total. The first-order chi connectivity index (χ1) is 6.18. The van der Waals surface area contributed by atoms with Crippen LogP contribution in [0.5, 0.6) is 0 Å². The first-order valence-corrected chi connectivity index (χ1v) is 5.32. The highest BCUT2D eigenvalue weighted by molar-refractivity contribution is 7.09. The van der Waals surface area contributed by atoms with Gasteiger partial charge in [-0.2, -0.15) is 0 Å². The number of thiazole rings is 1. The minimum Gasteiger partial charge on any atom is -0.365 e. The van der Waals surface area contributed by atoms with E-state index < -0.39 is 0 Å². The van der Waals surface area contributed by atoms with Gasteiger partial charge in [-0.1, -0.05) is 0 Å². The third-order valence-electron chi connectivity index (χ3n) is 2.21. The Morgan fingerprint density at radius 3 is 2.92 bits per heavy atom. The number of rotatable bonds is 3. The Morgan fingerprint density at radius 1 is 1.69 bits per heavy atom. The lowest BCUT2D eigenvalue weighted by molar-refractivity contribution is -0.0767. The standard InChI is InChI=1S/C9H14N2OS/c1-7-4-13-8(11-7)3-12-9(2)5-10-6-9/h4,10H,3,5-6H2,1-2H3. The fraction of sp³-hybridized carbons (Fsp3) is 0.667. The zero-order chi connectivity index (χ0) is 9.31. The Kier molecular flexibility index (Phi) is 2.36. The number of nitrogens with zero attached hydrogens (tertiary/aromatic N) is 1. The lowest BCUT2D eigenvalue weighted by atomic mass is 10.0. The Balaban J connectivity index is 1.85. The second-order valence-electron chi connectivity index (χ2n) is 3.72. The summed E-state index contributed by atoms with van der Waals surface area (Å²) in [7, 11) is 0. The van der Waals surface area contributed by atoms with Crippen LogP contribution in [0, 0.1) is 6.92 Å². The van der Waals surface area contributed by atoms with Crippen LogP contribution in [0.1, 0.15) is 17.6 Å². The summed E-state index contributed by atoms with van der Waals surface area (Å²) in [6, 6.07) is 0. The van der Waals surface area contributed by atoms with Crippen LogP contribution in [0.25, 0.3) is 0 Å². The predicted octanol–water partition coefficient (Wildman–Crippen LogP) is 1.33. The zero-order valence-corrected chi connectivity index (χ0v) is 8.78. The summed E-state index contributed by atoms with van der Waals surface area (Å²) in [5.41, 5.74) is 1.13. The van der Waals surface area contributed by atoms with E-state index in [1.165, 1.54) is 0 Å². The number of nitrogens with one attached hydrogen (secondary N) is 1. The molecular weight excluding hydrogens is 184 g/mol. The molecule has 0 saturated carbocycles. The van der Waals surface area contributed by atoms with E-state index in [4.69, 9.17) is 4.74 Å². The third-order valence-corrected chi connectivity index (χ3v) is 3.15. The molecule has 2 rings (SSSR count). The van der Waals surface area contributed by atoms with E-state index in [1.807, 2.05) is 6.92 Å². The maximum atomic E-state index is 5.75. The molecule has 0 amide bonds. The zero-order valence-electron chi connectivity index (χ0n) is 7.96. The van der Waals surface area contributed by atoms with Gasteiger partial charge >= 0.3 is 0 Å². The van der Waals surface area contributed by atoms with Gasteiger partial charge in [-0.15, -0.1) is 11.3 Å². The van der Waals surface area contributed by atoms with Crippen molar-refractivity contribution >= 4 is 11.3 Å². The highest BCUT2D eigenvalue weighted by atomic mass is 32.1. The summed E-state index contributed by atoms with van der Waals surface area (Å²) in [6.45, 7) is 6.70. The summed E-state index contributed by atoms with van der Waals surface area (Å²) in [5, 5.41) is 6.33. The highest BCUT2D eigenvalue weighted by Crippen LogP contribution is 2.19. The van der Waals surface area contributed by atoms with Crippen molar-refractivity contribution in [1.82, 2.24) is 10.3 Å². The molecule has 1 saturated heterocycles. The quantitative estimate of drug-likeness (QED) is 0.795. The smallest absolute Gasteiger partial charge is 0.119 e. The van der Waals surface area contributed by atoms with Crippen molar-refractivity contribution in [3.63, 3.8) is 0 Å². The summed E-state index contributed by atoms with van der Waals surface area (Å²) in [5.74, 6) is 0. The van der Waals surface area contributed by atoms with Crippen LogP contribution in [-0.2, 0) is 11.3 Å². The van der Waals surface area contributed by atoms with E-state index in [9.17, 15) is 0 Å². The van der Waals surface area contributed by atoms with Crippen molar-refractivity contribution in [1.29, 1.82) is 0 Å². The molecule has 1 aromatic heterocycles. The molecule has 72 valence electrons. The van der Waals surface area contributed by atoms with Gasteiger partial charge in [0, 0.05) is 24.2 Å². The molecule has 4 heteroatoms. The Morgan fingerprint density at radius 2 is 2.46 bits per heavy atom. The molecule has 0 radical (unpaired) electrons. The summed E-state index contributed by atoms with van der Waals surface area (Å²) < 4.78 is 5.75. The molecule has 0 spiro atoms. The second kappa shape index (κ2) is 3.36. The molecule has 0 atom stereocenters. The number of aryl methyl sites for hydroxylation is 1. The van der Waals surface area contributed by atoms with Crippen molar-refractivity contribution in [2.45, 2.75) is 26.1 Å². The SMILES string of the molecule is Cc1csc(COC2(C)CNC2)n1. The fourth-order valence-corrected chi connectivity index (χ4v) is 1.97. The van der Waals surface area contributed by atoms with Crippen molar-refractivity contribution < 1.29 is 4.74 Å². The molecule has 0 aliphatic carbocycles. The topological polar surface area (TPSA) is 34.1 Å². The van der Waals surface area contributed by atoms with Crippen LogP contribution in [0.2, 0.25) is 0 Å². The molecule has 1 N–H and O–H groups in total. The van der Waals surface area contributed by atoms with Crippen molar-refractivity contribution in [2.24, 2.45) is 0 Å². The number of hydrogen-bond donors (Lipinski definition) is 1. The van der Waals surface area contributed by atoms with Gasteiger partial charge in [0.15, 0.2) is 0 Å². The van der Waals surface area contributed by atoms with E-state index in [2.05, 4.69) is 22.6 Å². The van der Waals surface area contributed by atoms with Gasteiger partial charge in [0.2, 0.25) is 0 Å². The maximum Gasteiger partial charge on any atom is 0.119 e. The Bertz CT molecular complexity index is 294. The van der Waals surface area contributed by atoms with Gasteiger partial charge in [0.05, 0.1) is 12.2 Å². The molecule has 0 bridgehead atoms. The molecule has 1 aliphatic rings. The van der Waals surface area contributed by atoms with E-state index >= 15 is 0 Å². The van der Waals surface area contributed by atoms with Crippen LogP contribution in [0.3, 0.4) is 0 Å². The average Bonchev–Trinajstić information content (AvgIpc) is 2.44. The van der Waals surface area contributed by atoms with Gasteiger partial charge in [-0.3, -0.25) is 0 Å². The van der Waals surface area contributed by atoms with Crippen LogP contribution in [0.4, 0.5) is 0 Å². The number of hydrogen-bond acceptors (Lipinski definition) is 4. The van der Waals surface area contributed by atoms with E-state index in [0.29, 0.717) is 6.61 Å². The normalized spacial score (nSPS) is 19.8. The molecular formula is C9H14N2OS. The van der Waals surface area contributed by atoms with Gasteiger partial charge in [-0.25, -0.2) is 4.98 Å². The summed E-state index contributed by atoms with van der Waals surface area (Å²) >= 11 is 1.67. The molecule has 1 aromatic rings. The highest BCUT2D eigenvalue weighted by Gasteiger charge is 2.32. The minimum absolute atomic E-state index is 0.0412. The number of ether oxygens (including phenoxy) is 1. The van der Waals surface area contributed by atoms with Crippen LogP contribution < -0.4 is 5.32 Å². The Labute approximate surface area is 82.1 Å². The molecule has 2 heterocycles. The fourth-order valence-electron chi connectivity index (χ4n) is 1.28. The molecule has 0 unspecified atom stereocenters. The monoisotopic (exact) mass is 198 g/mol. The van der Waals surface area contributed by atoms with Crippen molar-refractivity contribution in [3.8, 4) is 0 Å². The van der Waals surface area contributed by atoms with Crippen LogP contribution >= 0.6 is 11.3 Å². The average molecular weight is 198 g/mol. The van der Waals surface area contributed by atoms with Gasteiger partial charge in [-0.05, 0) is 13.8 Å². The first kappa shape index (κ1) is 9.12. The maximum absolute atomic E-state index is 5.75.